The number of anilines is 1. The van der Waals surface area contributed by atoms with Gasteiger partial charge in [0.1, 0.15) is 11.4 Å². The Morgan fingerprint density at radius 1 is 1.17 bits per heavy atom. The van der Waals surface area contributed by atoms with E-state index in [0.717, 1.165) is 27.7 Å². The summed E-state index contributed by atoms with van der Waals surface area (Å²) < 4.78 is 7.32. The fraction of sp³-hybridized carbons (Fsp3) is 0.227. The van der Waals surface area contributed by atoms with Crippen molar-refractivity contribution in [2.45, 2.75) is 36.8 Å². The summed E-state index contributed by atoms with van der Waals surface area (Å²) in [5.41, 5.74) is 2.37. The van der Waals surface area contributed by atoms with Crippen LogP contribution >= 0.6 is 11.8 Å². The maximum atomic E-state index is 12.5. The molecule has 0 radical (unpaired) electrons. The molecule has 0 aliphatic carbocycles. The van der Waals surface area contributed by atoms with Crippen molar-refractivity contribution in [1.29, 1.82) is 0 Å². The number of carbonyl (C=O) groups is 1. The molecular weight excluding hydrogens is 384 g/mol. The van der Waals surface area contributed by atoms with Crippen molar-refractivity contribution in [3.05, 3.63) is 77.9 Å². The average molecular weight is 407 g/mol. The van der Waals surface area contributed by atoms with E-state index in [-0.39, 0.29) is 11.3 Å². The number of nitrogens with zero attached hydrogens (tertiary/aromatic N) is 3. The first-order valence-corrected chi connectivity index (χ1v) is 10.3. The van der Waals surface area contributed by atoms with Crippen LogP contribution in [0.25, 0.3) is 5.65 Å². The predicted octanol–water partition coefficient (Wildman–Crippen LogP) is 5.16. The van der Waals surface area contributed by atoms with Gasteiger partial charge in [0.15, 0.2) is 5.82 Å². The summed E-state index contributed by atoms with van der Waals surface area (Å²) in [5.74, 6) is 1.70. The second-order valence-corrected chi connectivity index (χ2v) is 8.84. The van der Waals surface area contributed by atoms with E-state index >= 15 is 0 Å². The summed E-state index contributed by atoms with van der Waals surface area (Å²) in [6, 6.07) is 15.2. The summed E-state index contributed by atoms with van der Waals surface area (Å²) in [6.45, 7) is 6.09. The molecule has 1 N–H and O–H groups in total. The molecule has 0 unspecified atom stereocenters. The number of hydrogen-bond donors (Lipinski definition) is 1. The minimum Gasteiger partial charge on any atom is -0.359 e. The van der Waals surface area contributed by atoms with Crippen LogP contribution in [0.2, 0.25) is 0 Å². The van der Waals surface area contributed by atoms with Crippen LogP contribution in [-0.2, 0) is 11.2 Å². The van der Waals surface area contributed by atoms with Crippen molar-refractivity contribution < 1.29 is 9.32 Å². The molecular formula is C22H22N4O2S. The number of hydrogen-bond acceptors (Lipinski definition) is 5. The van der Waals surface area contributed by atoms with Gasteiger partial charge in [0.2, 0.25) is 0 Å². The van der Waals surface area contributed by atoms with Crippen molar-refractivity contribution in [2.75, 3.05) is 5.32 Å². The first-order chi connectivity index (χ1) is 13.9. The fourth-order valence-electron chi connectivity index (χ4n) is 2.79. The maximum Gasteiger partial charge on any atom is 0.256 e. The molecule has 3 heterocycles. The highest BCUT2D eigenvalue weighted by Crippen LogP contribution is 2.25. The Bertz CT molecular complexity index is 1110. The van der Waals surface area contributed by atoms with Crippen LogP contribution in [0, 0.1) is 0 Å². The third kappa shape index (κ3) is 4.51. The largest absolute Gasteiger partial charge is 0.359 e. The summed E-state index contributed by atoms with van der Waals surface area (Å²) >= 11 is 1.68. The Kier molecular flexibility index (Phi) is 5.15. The second kappa shape index (κ2) is 7.75. The van der Waals surface area contributed by atoms with Gasteiger partial charge in [-0.1, -0.05) is 32.0 Å². The van der Waals surface area contributed by atoms with Gasteiger partial charge in [-0.2, -0.15) is 0 Å². The molecule has 1 amide bonds. The minimum absolute atomic E-state index is 0.157. The second-order valence-electron chi connectivity index (χ2n) is 7.79. The molecule has 0 aliphatic rings. The molecule has 6 nitrogen and oxygen atoms in total. The topological polar surface area (TPSA) is 72.4 Å². The molecule has 0 aliphatic heterocycles. The van der Waals surface area contributed by atoms with Crippen LogP contribution in [0.3, 0.4) is 0 Å². The molecule has 4 rings (SSSR count). The van der Waals surface area contributed by atoms with Crippen molar-refractivity contribution in [2.24, 2.45) is 0 Å². The van der Waals surface area contributed by atoms with E-state index in [1.807, 2.05) is 80.0 Å². The smallest absolute Gasteiger partial charge is 0.256 e. The van der Waals surface area contributed by atoms with Gasteiger partial charge in [0.25, 0.3) is 5.91 Å². The summed E-state index contributed by atoms with van der Waals surface area (Å²) in [4.78, 5) is 18.1. The quantitative estimate of drug-likeness (QED) is 0.463. The predicted molar refractivity (Wildman–Crippen MR) is 114 cm³/mol. The van der Waals surface area contributed by atoms with E-state index in [2.05, 4.69) is 15.5 Å². The Hall–Kier alpha value is -3.06. The van der Waals surface area contributed by atoms with E-state index in [9.17, 15) is 4.79 Å². The number of rotatable bonds is 5. The summed E-state index contributed by atoms with van der Waals surface area (Å²) in [5, 5.41) is 6.71. The Labute approximate surface area is 173 Å². The molecule has 29 heavy (non-hydrogen) atoms. The standard InChI is InChI=1S/C22H22N4O2S/c1-22(2,3)18-12-19(25-28-18)24-21(27)15-7-9-17(10-8-15)29-14-16-13-26-11-5-4-6-20(26)23-16/h4-13H,14H2,1-3H3,(H,24,25,27). The number of benzene rings is 1. The van der Waals surface area contributed by atoms with Gasteiger partial charge in [0.05, 0.1) is 5.69 Å². The van der Waals surface area contributed by atoms with Gasteiger partial charge >= 0.3 is 0 Å². The highest BCUT2D eigenvalue weighted by atomic mass is 32.2. The van der Waals surface area contributed by atoms with E-state index in [4.69, 9.17) is 4.52 Å². The molecule has 0 atom stereocenters. The van der Waals surface area contributed by atoms with Gasteiger partial charge in [-0.15, -0.1) is 11.8 Å². The number of thioether (sulfide) groups is 1. The van der Waals surface area contributed by atoms with E-state index in [0.29, 0.717) is 11.4 Å². The van der Waals surface area contributed by atoms with Crippen molar-refractivity contribution in [1.82, 2.24) is 14.5 Å². The SMILES string of the molecule is CC(C)(C)c1cc(NC(=O)c2ccc(SCc3cn4ccccc4n3)cc2)no1. The highest BCUT2D eigenvalue weighted by molar-refractivity contribution is 7.98. The van der Waals surface area contributed by atoms with Gasteiger partial charge in [0, 0.05) is 40.1 Å². The molecule has 3 aromatic heterocycles. The first kappa shape index (κ1) is 19.3. The minimum atomic E-state index is -0.212. The third-order valence-corrected chi connectivity index (χ3v) is 5.45. The molecule has 0 spiro atoms. The molecule has 1 aromatic carbocycles. The van der Waals surface area contributed by atoms with Crippen molar-refractivity contribution in [3.8, 4) is 0 Å². The molecule has 0 bridgehead atoms. The van der Waals surface area contributed by atoms with Gasteiger partial charge in [-0.3, -0.25) is 4.79 Å². The van der Waals surface area contributed by atoms with Gasteiger partial charge in [-0.05, 0) is 36.4 Å². The molecule has 4 aromatic rings. The number of amides is 1. The highest BCUT2D eigenvalue weighted by Gasteiger charge is 2.20. The normalized spacial score (nSPS) is 11.7. The van der Waals surface area contributed by atoms with Crippen LogP contribution in [0.15, 0.2) is 70.3 Å². The number of pyridine rings is 1. The lowest BCUT2D eigenvalue weighted by molar-refractivity contribution is 0.102. The molecule has 148 valence electrons. The van der Waals surface area contributed by atoms with E-state index < -0.39 is 0 Å². The Morgan fingerprint density at radius 3 is 2.66 bits per heavy atom. The summed E-state index contributed by atoms with van der Waals surface area (Å²) in [7, 11) is 0. The van der Waals surface area contributed by atoms with Crippen LogP contribution < -0.4 is 5.32 Å². The number of fused-ring (bicyclic) bond motifs is 1. The Balaban J connectivity index is 1.36. The number of nitrogens with one attached hydrogen (secondary N) is 1. The monoisotopic (exact) mass is 406 g/mol. The Morgan fingerprint density at radius 2 is 1.97 bits per heavy atom. The lowest BCUT2D eigenvalue weighted by atomic mass is 9.93. The van der Waals surface area contributed by atoms with Crippen LogP contribution in [0.4, 0.5) is 5.82 Å². The zero-order chi connectivity index (χ0) is 20.4. The fourth-order valence-corrected chi connectivity index (χ4v) is 3.57. The average Bonchev–Trinajstić information content (AvgIpc) is 3.33. The zero-order valence-electron chi connectivity index (χ0n) is 16.5. The number of carbonyl (C=O) groups excluding carboxylic acids is 1. The van der Waals surface area contributed by atoms with Crippen LogP contribution in [0.1, 0.15) is 42.6 Å². The molecule has 0 saturated carbocycles. The van der Waals surface area contributed by atoms with Crippen LogP contribution in [-0.4, -0.2) is 20.4 Å². The lowest BCUT2D eigenvalue weighted by Crippen LogP contribution is -2.12. The molecule has 0 saturated heterocycles. The van der Waals surface area contributed by atoms with Gasteiger partial charge < -0.3 is 14.2 Å². The molecule has 7 heteroatoms. The van der Waals surface area contributed by atoms with Crippen molar-refractivity contribution >= 4 is 29.1 Å². The zero-order valence-corrected chi connectivity index (χ0v) is 17.4. The van der Waals surface area contributed by atoms with E-state index in [1.54, 1.807) is 17.8 Å². The maximum absolute atomic E-state index is 12.5. The van der Waals surface area contributed by atoms with Crippen molar-refractivity contribution in [3.63, 3.8) is 0 Å². The summed E-state index contributed by atoms with van der Waals surface area (Å²) in [6.07, 6.45) is 4.02. The van der Waals surface area contributed by atoms with Gasteiger partial charge in [-0.25, -0.2) is 4.98 Å². The van der Waals surface area contributed by atoms with Crippen LogP contribution in [0.5, 0.6) is 0 Å². The first-order valence-electron chi connectivity index (χ1n) is 9.32. The third-order valence-electron chi connectivity index (χ3n) is 4.41. The number of aromatic nitrogens is 3. The number of imidazole rings is 1. The van der Waals surface area contributed by atoms with E-state index in [1.165, 1.54) is 0 Å². The lowest BCUT2D eigenvalue weighted by Gasteiger charge is -2.12. The molecule has 0 fully saturated rings.